The van der Waals surface area contributed by atoms with Crippen molar-refractivity contribution in [1.29, 1.82) is 0 Å². The average Bonchev–Trinajstić information content (AvgIpc) is 2.58. The number of carbonyl (C=O) groups is 4. The predicted octanol–water partition coefficient (Wildman–Crippen LogP) is 2.11. The van der Waals surface area contributed by atoms with Crippen molar-refractivity contribution in [2.45, 2.75) is 39.3 Å². The third-order valence-electron chi connectivity index (χ3n) is 3.23. The van der Waals surface area contributed by atoms with Gasteiger partial charge in [0.2, 0.25) is 5.91 Å². The monoisotopic (exact) mass is 380 g/mol. The summed E-state index contributed by atoms with van der Waals surface area (Å²) in [6.45, 7) is 6.52. The minimum atomic E-state index is -0.966. The molecule has 0 saturated carbocycles. The summed E-state index contributed by atoms with van der Waals surface area (Å²) >= 11 is 0. The number of rotatable bonds is 5. The van der Waals surface area contributed by atoms with E-state index < -0.39 is 35.6 Å². The zero-order valence-electron chi connectivity index (χ0n) is 16.2. The van der Waals surface area contributed by atoms with Crippen LogP contribution in [0.5, 0.6) is 0 Å². The first kappa shape index (κ1) is 21.9. The molecule has 0 aliphatic rings. The fraction of sp³-hybridized carbons (Fsp3) is 0.444. The highest BCUT2D eigenvalue weighted by Crippen LogP contribution is 2.20. The molecule has 1 aromatic rings. The number of alkyl carbamates (subject to hydrolysis) is 1. The molecule has 9 heteroatoms. The van der Waals surface area contributed by atoms with E-state index in [1.165, 1.54) is 39.3 Å². The fourth-order valence-electron chi connectivity index (χ4n) is 1.97. The SMILES string of the molecule is COC(=O)c1ccc(C(=O)OC)c(NC(=O)C(C)NC(=O)OC(C)(C)C)c1. The van der Waals surface area contributed by atoms with Gasteiger partial charge < -0.3 is 24.8 Å². The molecule has 9 nitrogen and oxygen atoms in total. The first-order valence-corrected chi connectivity index (χ1v) is 8.09. The Balaban J connectivity index is 3.00. The van der Waals surface area contributed by atoms with E-state index in [4.69, 9.17) is 4.74 Å². The number of nitrogens with one attached hydrogen (secondary N) is 2. The Hall–Kier alpha value is -3.10. The summed E-state index contributed by atoms with van der Waals surface area (Å²) in [7, 11) is 2.40. The van der Waals surface area contributed by atoms with Crippen molar-refractivity contribution in [3.05, 3.63) is 29.3 Å². The number of methoxy groups -OCH3 is 2. The van der Waals surface area contributed by atoms with E-state index in [0.717, 1.165) is 0 Å². The Morgan fingerprint density at radius 2 is 1.59 bits per heavy atom. The molecule has 27 heavy (non-hydrogen) atoms. The highest BCUT2D eigenvalue weighted by molar-refractivity contribution is 6.05. The Labute approximate surface area is 157 Å². The van der Waals surface area contributed by atoms with Gasteiger partial charge in [0, 0.05) is 0 Å². The standard InChI is InChI=1S/C18H24N2O7/c1-10(19-17(24)27-18(2,3)4)14(21)20-13-9-11(15(22)25-5)7-8-12(13)16(23)26-6/h7-10H,1-6H3,(H,19,24)(H,20,21). The molecule has 1 rings (SSSR count). The molecule has 2 N–H and O–H groups in total. The third kappa shape index (κ3) is 6.61. The van der Waals surface area contributed by atoms with Gasteiger partial charge in [0.05, 0.1) is 31.0 Å². The molecule has 0 bridgehead atoms. The van der Waals surface area contributed by atoms with Gasteiger partial charge in [-0.1, -0.05) is 0 Å². The fourth-order valence-corrected chi connectivity index (χ4v) is 1.97. The van der Waals surface area contributed by atoms with Crippen LogP contribution in [-0.4, -0.2) is 49.8 Å². The molecule has 1 aromatic carbocycles. The Kier molecular flexibility index (Phi) is 7.33. The second kappa shape index (κ2) is 9.02. The summed E-state index contributed by atoms with van der Waals surface area (Å²) in [6.07, 6.45) is -0.762. The van der Waals surface area contributed by atoms with Gasteiger partial charge in [0.1, 0.15) is 11.6 Å². The minimum Gasteiger partial charge on any atom is -0.465 e. The summed E-state index contributed by atoms with van der Waals surface area (Å²) < 4.78 is 14.4. The quantitative estimate of drug-likeness (QED) is 0.593. The van der Waals surface area contributed by atoms with Gasteiger partial charge in [-0.15, -0.1) is 0 Å². The molecular weight excluding hydrogens is 356 g/mol. The number of amides is 2. The van der Waals surface area contributed by atoms with Crippen LogP contribution in [0, 0.1) is 0 Å². The van der Waals surface area contributed by atoms with Crippen LogP contribution < -0.4 is 10.6 Å². The summed E-state index contributed by atoms with van der Waals surface area (Å²) in [5.74, 6) is -1.95. The van der Waals surface area contributed by atoms with Crippen LogP contribution in [0.1, 0.15) is 48.4 Å². The number of hydrogen-bond donors (Lipinski definition) is 2. The minimum absolute atomic E-state index is 0.0444. The maximum atomic E-state index is 12.4. The van der Waals surface area contributed by atoms with Crippen LogP contribution in [0.2, 0.25) is 0 Å². The molecule has 148 valence electrons. The smallest absolute Gasteiger partial charge is 0.408 e. The van der Waals surface area contributed by atoms with Crippen molar-refractivity contribution in [3.8, 4) is 0 Å². The summed E-state index contributed by atoms with van der Waals surface area (Å²) in [4.78, 5) is 47.7. The normalized spacial score (nSPS) is 11.8. The van der Waals surface area contributed by atoms with E-state index in [1.54, 1.807) is 20.8 Å². The number of benzene rings is 1. The van der Waals surface area contributed by atoms with Crippen molar-refractivity contribution >= 4 is 29.6 Å². The van der Waals surface area contributed by atoms with Gasteiger partial charge in [0.15, 0.2) is 0 Å². The predicted molar refractivity (Wildman–Crippen MR) is 96.6 cm³/mol. The average molecular weight is 380 g/mol. The zero-order valence-corrected chi connectivity index (χ0v) is 16.2. The number of carbonyl (C=O) groups excluding carboxylic acids is 4. The Morgan fingerprint density at radius 1 is 1.00 bits per heavy atom. The lowest BCUT2D eigenvalue weighted by Crippen LogP contribution is -2.44. The van der Waals surface area contributed by atoms with E-state index in [0.29, 0.717) is 0 Å². The molecule has 0 fully saturated rings. The topological polar surface area (TPSA) is 120 Å². The number of ether oxygens (including phenoxy) is 3. The van der Waals surface area contributed by atoms with Crippen LogP contribution >= 0.6 is 0 Å². The van der Waals surface area contributed by atoms with Crippen molar-refractivity contribution in [2.24, 2.45) is 0 Å². The van der Waals surface area contributed by atoms with Crippen molar-refractivity contribution in [2.75, 3.05) is 19.5 Å². The maximum absolute atomic E-state index is 12.4. The lowest BCUT2D eigenvalue weighted by molar-refractivity contribution is -0.117. The first-order chi connectivity index (χ1) is 12.5. The molecule has 2 amide bonds. The van der Waals surface area contributed by atoms with Crippen LogP contribution in [-0.2, 0) is 19.0 Å². The third-order valence-corrected chi connectivity index (χ3v) is 3.23. The molecule has 0 heterocycles. The van der Waals surface area contributed by atoms with Crippen LogP contribution in [0.4, 0.5) is 10.5 Å². The van der Waals surface area contributed by atoms with Crippen molar-refractivity contribution in [3.63, 3.8) is 0 Å². The second-order valence-corrected chi connectivity index (χ2v) is 6.60. The molecule has 0 radical (unpaired) electrons. The molecule has 1 unspecified atom stereocenters. The van der Waals surface area contributed by atoms with Crippen LogP contribution in [0.15, 0.2) is 18.2 Å². The van der Waals surface area contributed by atoms with E-state index in [2.05, 4.69) is 20.1 Å². The van der Waals surface area contributed by atoms with Gasteiger partial charge in [-0.2, -0.15) is 0 Å². The number of esters is 2. The molecule has 0 spiro atoms. The zero-order chi connectivity index (χ0) is 20.8. The van der Waals surface area contributed by atoms with Crippen molar-refractivity contribution in [1.82, 2.24) is 5.32 Å². The van der Waals surface area contributed by atoms with E-state index in [-0.39, 0.29) is 16.8 Å². The molecule has 0 saturated heterocycles. The summed E-state index contributed by atoms with van der Waals surface area (Å²) in [6, 6.07) is 3.03. The van der Waals surface area contributed by atoms with E-state index >= 15 is 0 Å². The maximum Gasteiger partial charge on any atom is 0.408 e. The molecule has 1 atom stereocenters. The largest absolute Gasteiger partial charge is 0.465 e. The molecule has 0 aliphatic heterocycles. The van der Waals surface area contributed by atoms with Gasteiger partial charge in [0.25, 0.3) is 0 Å². The number of anilines is 1. The highest BCUT2D eigenvalue weighted by atomic mass is 16.6. The highest BCUT2D eigenvalue weighted by Gasteiger charge is 2.23. The first-order valence-electron chi connectivity index (χ1n) is 8.09. The molecular formula is C18H24N2O7. The summed E-state index contributed by atoms with van der Waals surface area (Å²) in [5, 5.41) is 4.88. The van der Waals surface area contributed by atoms with Gasteiger partial charge in [-0.3, -0.25) is 4.79 Å². The lowest BCUT2D eigenvalue weighted by Gasteiger charge is -2.22. The van der Waals surface area contributed by atoms with Gasteiger partial charge in [-0.05, 0) is 45.9 Å². The number of hydrogen-bond acceptors (Lipinski definition) is 7. The second-order valence-electron chi connectivity index (χ2n) is 6.60. The van der Waals surface area contributed by atoms with Gasteiger partial charge >= 0.3 is 18.0 Å². The lowest BCUT2D eigenvalue weighted by atomic mass is 10.1. The van der Waals surface area contributed by atoms with E-state index in [9.17, 15) is 19.2 Å². The van der Waals surface area contributed by atoms with Crippen LogP contribution in [0.25, 0.3) is 0 Å². The Morgan fingerprint density at radius 3 is 2.11 bits per heavy atom. The molecule has 0 aliphatic carbocycles. The van der Waals surface area contributed by atoms with Crippen LogP contribution in [0.3, 0.4) is 0 Å². The Bertz CT molecular complexity index is 738. The molecule has 0 aromatic heterocycles. The summed E-state index contributed by atoms with van der Waals surface area (Å²) in [5.41, 5.74) is -0.489. The van der Waals surface area contributed by atoms with E-state index in [1.807, 2.05) is 0 Å². The van der Waals surface area contributed by atoms with Gasteiger partial charge in [-0.25, -0.2) is 14.4 Å². The van der Waals surface area contributed by atoms with Crippen molar-refractivity contribution < 1.29 is 33.4 Å².